The highest BCUT2D eigenvalue weighted by molar-refractivity contribution is 7.80. The van der Waals surface area contributed by atoms with Crippen LogP contribution in [0.2, 0.25) is 0 Å². The lowest BCUT2D eigenvalue weighted by Crippen LogP contribution is -2.27. The van der Waals surface area contributed by atoms with E-state index in [1.54, 1.807) is 6.21 Å². The van der Waals surface area contributed by atoms with E-state index >= 15 is 0 Å². The number of benzene rings is 3. The number of hydrazone groups is 2. The van der Waals surface area contributed by atoms with Gasteiger partial charge in [0, 0.05) is 16.9 Å². The molecule has 0 saturated heterocycles. The molecule has 3 rings (SSSR count). The predicted octanol–water partition coefficient (Wildman–Crippen LogP) is 4.35. The molecule has 0 aliphatic heterocycles. The first-order valence-electron chi connectivity index (χ1n) is 9.11. The Morgan fingerprint density at radius 3 is 1.63 bits per heavy atom. The Labute approximate surface area is 186 Å². The first-order valence-corrected chi connectivity index (χ1v) is 9.92. The zero-order chi connectivity index (χ0) is 21.0. The van der Waals surface area contributed by atoms with Gasteiger partial charge in [-0.1, -0.05) is 66.7 Å². The molecular formula is C22H20N6S2. The second kappa shape index (κ2) is 11.4. The quantitative estimate of drug-likeness (QED) is 0.264. The molecule has 0 bridgehead atoms. The van der Waals surface area contributed by atoms with Crippen molar-refractivity contribution in [3.63, 3.8) is 0 Å². The van der Waals surface area contributed by atoms with E-state index in [0.29, 0.717) is 15.9 Å². The van der Waals surface area contributed by atoms with Gasteiger partial charge in [0.2, 0.25) is 0 Å². The third-order valence-electron chi connectivity index (χ3n) is 3.76. The average Bonchev–Trinajstić information content (AvgIpc) is 2.78. The molecule has 0 aliphatic rings. The number of hydrogen-bond acceptors (Lipinski definition) is 4. The summed E-state index contributed by atoms with van der Waals surface area (Å²) in [4.78, 5) is 0. The van der Waals surface area contributed by atoms with Gasteiger partial charge in [-0.15, -0.1) is 0 Å². The van der Waals surface area contributed by atoms with E-state index in [1.807, 2.05) is 91.0 Å². The number of hydrogen-bond donors (Lipinski definition) is 4. The van der Waals surface area contributed by atoms with Crippen LogP contribution in [0.1, 0.15) is 5.56 Å². The fourth-order valence-corrected chi connectivity index (χ4v) is 2.74. The maximum Gasteiger partial charge on any atom is 0.191 e. The van der Waals surface area contributed by atoms with Crippen LogP contribution in [0.3, 0.4) is 0 Å². The molecule has 0 amide bonds. The number of rotatable bonds is 6. The third-order valence-corrected chi connectivity index (χ3v) is 4.15. The van der Waals surface area contributed by atoms with Crippen molar-refractivity contribution < 1.29 is 0 Å². The SMILES string of the molecule is S=C(N/N=C(\C=N\NC(=S)Nc1ccccc1)c1ccccc1)Nc1ccccc1. The van der Waals surface area contributed by atoms with Gasteiger partial charge in [0.05, 0.1) is 6.21 Å². The van der Waals surface area contributed by atoms with Gasteiger partial charge in [0.15, 0.2) is 10.2 Å². The van der Waals surface area contributed by atoms with Gasteiger partial charge in [0.1, 0.15) is 5.71 Å². The van der Waals surface area contributed by atoms with Crippen LogP contribution in [0, 0.1) is 0 Å². The van der Waals surface area contributed by atoms with Crippen molar-refractivity contribution in [2.75, 3.05) is 10.6 Å². The summed E-state index contributed by atoms with van der Waals surface area (Å²) in [6.07, 6.45) is 1.58. The van der Waals surface area contributed by atoms with Crippen LogP contribution in [-0.4, -0.2) is 22.2 Å². The largest absolute Gasteiger partial charge is 0.331 e. The molecular weight excluding hydrogens is 412 g/mol. The van der Waals surface area contributed by atoms with Gasteiger partial charge < -0.3 is 10.6 Å². The summed E-state index contributed by atoms with van der Waals surface area (Å²) < 4.78 is 0. The molecule has 8 heteroatoms. The molecule has 0 aliphatic carbocycles. The molecule has 0 radical (unpaired) electrons. The molecule has 6 nitrogen and oxygen atoms in total. The van der Waals surface area contributed by atoms with Gasteiger partial charge in [-0.25, -0.2) is 0 Å². The lowest BCUT2D eigenvalue weighted by atomic mass is 10.1. The van der Waals surface area contributed by atoms with Crippen molar-refractivity contribution in [1.29, 1.82) is 0 Å². The van der Waals surface area contributed by atoms with Crippen LogP contribution in [0.15, 0.2) is 101 Å². The summed E-state index contributed by atoms with van der Waals surface area (Å²) in [5, 5.41) is 15.4. The summed E-state index contributed by atoms with van der Waals surface area (Å²) in [7, 11) is 0. The average molecular weight is 433 g/mol. The van der Waals surface area contributed by atoms with Gasteiger partial charge in [-0.05, 0) is 48.7 Å². The van der Waals surface area contributed by atoms with E-state index in [4.69, 9.17) is 24.4 Å². The van der Waals surface area contributed by atoms with E-state index in [0.717, 1.165) is 16.9 Å². The molecule has 0 aromatic heterocycles. The fraction of sp³-hybridized carbons (Fsp3) is 0. The van der Waals surface area contributed by atoms with Crippen molar-refractivity contribution in [1.82, 2.24) is 10.9 Å². The molecule has 0 heterocycles. The minimum Gasteiger partial charge on any atom is -0.331 e. The molecule has 0 fully saturated rings. The highest BCUT2D eigenvalue weighted by Crippen LogP contribution is 2.05. The summed E-state index contributed by atoms with van der Waals surface area (Å²) in [6.45, 7) is 0. The van der Waals surface area contributed by atoms with Gasteiger partial charge in [-0.3, -0.25) is 10.9 Å². The Morgan fingerprint density at radius 1 is 0.633 bits per heavy atom. The van der Waals surface area contributed by atoms with E-state index in [1.165, 1.54) is 0 Å². The number of para-hydroxylation sites is 2. The predicted molar refractivity (Wildman–Crippen MR) is 133 cm³/mol. The molecule has 4 N–H and O–H groups in total. The minimum absolute atomic E-state index is 0.372. The third kappa shape index (κ3) is 7.08. The number of nitrogens with zero attached hydrogens (tertiary/aromatic N) is 2. The van der Waals surface area contributed by atoms with E-state index < -0.39 is 0 Å². The normalized spacial score (nSPS) is 11.0. The minimum atomic E-state index is 0.372. The standard InChI is InChI=1S/C22H20N6S2/c29-21(24-18-12-6-2-7-13-18)27-23-16-20(17-10-4-1-5-11-17)26-28-22(30)25-19-14-8-3-9-15-19/h1-16H,(H2,24,27,29)(H2,25,28,30)/b23-16+,26-20+. The second-order valence-electron chi connectivity index (χ2n) is 5.99. The van der Waals surface area contributed by atoms with Gasteiger partial charge in [0.25, 0.3) is 0 Å². The molecule has 0 spiro atoms. The van der Waals surface area contributed by atoms with Crippen LogP contribution in [0.25, 0.3) is 0 Å². The van der Waals surface area contributed by atoms with E-state index in [2.05, 4.69) is 31.7 Å². The number of thiocarbonyl (C=S) groups is 2. The van der Waals surface area contributed by atoms with Crippen LogP contribution >= 0.6 is 24.4 Å². The molecule has 3 aromatic rings. The van der Waals surface area contributed by atoms with Gasteiger partial charge >= 0.3 is 0 Å². The van der Waals surface area contributed by atoms with Crippen LogP contribution in [-0.2, 0) is 0 Å². The number of nitrogens with one attached hydrogen (secondary N) is 4. The van der Waals surface area contributed by atoms with Crippen LogP contribution < -0.4 is 21.5 Å². The summed E-state index contributed by atoms with van der Waals surface area (Å²) in [5.74, 6) is 0. The topological polar surface area (TPSA) is 72.8 Å². The lowest BCUT2D eigenvalue weighted by Gasteiger charge is -2.09. The zero-order valence-corrected chi connectivity index (χ0v) is 17.6. The Hall–Kier alpha value is -3.62. The van der Waals surface area contributed by atoms with Crippen molar-refractivity contribution in [2.45, 2.75) is 0 Å². The Morgan fingerprint density at radius 2 is 1.10 bits per heavy atom. The maximum atomic E-state index is 5.31. The summed E-state index contributed by atoms with van der Waals surface area (Å²) in [6, 6.07) is 28.9. The highest BCUT2D eigenvalue weighted by atomic mass is 32.1. The van der Waals surface area contributed by atoms with Crippen LogP contribution in [0.4, 0.5) is 11.4 Å². The van der Waals surface area contributed by atoms with Gasteiger partial charge in [-0.2, -0.15) is 10.2 Å². The van der Waals surface area contributed by atoms with Crippen molar-refractivity contribution in [2.24, 2.45) is 10.2 Å². The monoisotopic (exact) mass is 432 g/mol. The molecule has 3 aromatic carbocycles. The summed E-state index contributed by atoms with van der Waals surface area (Å²) >= 11 is 10.6. The van der Waals surface area contributed by atoms with Crippen LogP contribution in [0.5, 0.6) is 0 Å². The lowest BCUT2D eigenvalue weighted by molar-refractivity contribution is 1.04. The Balaban J connectivity index is 1.63. The second-order valence-corrected chi connectivity index (χ2v) is 6.80. The Kier molecular flexibility index (Phi) is 8.02. The first-order chi connectivity index (χ1) is 14.7. The zero-order valence-electron chi connectivity index (χ0n) is 15.9. The number of anilines is 2. The first kappa shape index (κ1) is 21.1. The molecule has 0 unspecified atom stereocenters. The van der Waals surface area contributed by atoms with Crippen molar-refractivity contribution >= 4 is 58.0 Å². The molecule has 150 valence electrons. The molecule has 0 atom stereocenters. The highest BCUT2D eigenvalue weighted by Gasteiger charge is 2.02. The summed E-state index contributed by atoms with van der Waals surface area (Å²) in [5.41, 5.74) is 8.85. The molecule has 0 saturated carbocycles. The van der Waals surface area contributed by atoms with Crippen molar-refractivity contribution in [3.8, 4) is 0 Å². The molecule has 30 heavy (non-hydrogen) atoms. The van der Waals surface area contributed by atoms with E-state index in [9.17, 15) is 0 Å². The van der Waals surface area contributed by atoms with Crippen molar-refractivity contribution in [3.05, 3.63) is 96.6 Å². The Bertz CT molecular complexity index is 1020. The fourth-order valence-electron chi connectivity index (χ4n) is 2.40. The maximum absolute atomic E-state index is 5.31. The smallest absolute Gasteiger partial charge is 0.191 e. The van der Waals surface area contributed by atoms with E-state index in [-0.39, 0.29) is 0 Å².